The zero-order valence-electron chi connectivity index (χ0n) is 23.0. The number of benzene rings is 3. The van der Waals surface area contributed by atoms with Gasteiger partial charge in [0.15, 0.2) is 0 Å². The highest BCUT2D eigenvalue weighted by Gasteiger charge is 2.34. The van der Waals surface area contributed by atoms with Gasteiger partial charge in [-0.3, -0.25) is 13.9 Å². The number of hydrogen-bond donors (Lipinski definition) is 1. The quantitative estimate of drug-likeness (QED) is 0.241. The molecule has 3 rings (SSSR count). The van der Waals surface area contributed by atoms with E-state index in [4.69, 9.17) is 46.4 Å². The van der Waals surface area contributed by atoms with E-state index in [1.54, 1.807) is 37.3 Å². The Hall–Kier alpha value is -2.49. The number of rotatable bonds is 11. The van der Waals surface area contributed by atoms with E-state index in [0.717, 1.165) is 9.87 Å². The van der Waals surface area contributed by atoms with Crippen molar-refractivity contribution >= 4 is 73.9 Å². The zero-order valence-corrected chi connectivity index (χ0v) is 26.8. The number of amides is 2. The fourth-order valence-electron chi connectivity index (χ4n) is 3.92. The van der Waals surface area contributed by atoms with E-state index in [2.05, 4.69) is 5.32 Å². The summed E-state index contributed by atoms with van der Waals surface area (Å²) in [5.41, 5.74) is 1.29. The van der Waals surface area contributed by atoms with Crippen molar-refractivity contribution in [3.8, 4) is 0 Å². The normalized spacial score (nSPS) is 12.2. The SMILES string of the molecule is Cc1ccc(S(=O)(=O)N(CC(=O)N(Cc2c(Cl)cccc2Cl)[C@@H](C)C(=O)NCC(C)C)c2cccc(Cl)c2Cl)cc1. The first-order valence-electron chi connectivity index (χ1n) is 12.8. The van der Waals surface area contributed by atoms with Crippen LogP contribution >= 0.6 is 46.4 Å². The van der Waals surface area contributed by atoms with Crippen molar-refractivity contribution < 1.29 is 18.0 Å². The minimum Gasteiger partial charge on any atom is -0.354 e. The number of nitrogens with zero attached hydrogens (tertiary/aromatic N) is 2. The summed E-state index contributed by atoms with van der Waals surface area (Å²) in [7, 11) is -4.31. The van der Waals surface area contributed by atoms with Crippen molar-refractivity contribution in [3.05, 3.63) is 91.9 Å². The van der Waals surface area contributed by atoms with E-state index in [0.29, 0.717) is 22.2 Å². The molecule has 3 aromatic carbocycles. The smallest absolute Gasteiger partial charge is 0.264 e. The first-order chi connectivity index (χ1) is 19.2. The summed E-state index contributed by atoms with van der Waals surface area (Å²) in [6.45, 7) is 6.85. The van der Waals surface area contributed by atoms with Gasteiger partial charge in [0.05, 0.1) is 20.6 Å². The van der Waals surface area contributed by atoms with Gasteiger partial charge in [0.25, 0.3) is 10.0 Å². The third-order valence-corrected chi connectivity index (χ3v) is 9.62. The van der Waals surface area contributed by atoms with Crippen molar-refractivity contribution in [2.75, 3.05) is 17.4 Å². The molecule has 0 bridgehead atoms. The lowest BCUT2D eigenvalue weighted by molar-refractivity contribution is -0.139. The van der Waals surface area contributed by atoms with Crippen molar-refractivity contribution in [1.82, 2.24) is 10.2 Å². The monoisotopic (exact) mass is 657 g/mol. The largest absolute Gasteiger partial charge is 0.354 e. The van der Waals surface area contributed by atoms with E-state index >= 15 is 0 Å². The number of hydrogen-bond acceptors (Lipinski definition) is 4. The lowest BCUT2D eigenvalue weighted by Crippen LogP contribution is -2.51. The van der Waals surface area contributed by atoms with Gasteiger partial charge in [0, 0.05) is 28.7 Å². The maximum Gasteiger partial charge on any atom is 0.264 e. The topological polar surface area (TPSA) is 86.8 Å². The van der Waals surface area contributed by atoms with Crippen LogP contribution in [0.5, 0.6) is 0 Å². The van der Waals surface area contributed by atoms with Gasteiger partial charge in [-0.05, 0) is 56.2 Å². The second-order valence-corrected chi connectivity index (χ2v) is 13.4. The number of aryl methyl sites for hydroxylation is 1. The van der Waals surface area contributed by atoms with Gasteiger partial charge in [0.1, 0.15) is 12.6 Å². The molecule has 1 atom stereocenters. The van der Waals surface area contributed by atoms with E-state index in [9.17, 15) is 18.0 Å². The highest BCUT2D eigenvalue weighted by Crippen LogP contribution is 2.36. The lowest BCUT2D eigenvalue weighted by atomic mass is 10.1. The summed E-state index contributed by atoms with van der Waals surface area (Å²) in [6.07, 6.45) is 0. The molecule has 0 aliphatic carbocycles. The Labute approximate surface area is 261 Å². The van der Waals surface area contributed by atoms with E-state index in [1.807, 2.05) is 20.8 Å². The van der Waals surface area contributed by atoms with Crippen LogP contribution in [-0.4, -0.2) is 44.3 Å². The third kappa shape index (κ3) is 8.08. The van der Waals surface area contributed by atoms with E-state index < -0.39 is 34.4 Å². The average Bonchev–Trinajstić information content (AvgIpc) is 2.91. The predicted octanol–water partition coefficient (Wildman–Crippen LogP) is 6.99. The van der Waals surface area contributed by atoms with Crippen molar-refractivity contribution in [3.63, 3.8) is 0 Å². The molecule has 0 saturated carbocycles. The first-order valence-corrected chi connectivity index (χ1v) is 15.7. The molecule has 2 amide bonds. The Bertz CT molecular complexity index is 1490. The van der Waals surface area contributed by atoms with Gasteiger partial charge >= 0.3 is 0 Å². The van der Waals surface area contributed by atoms with Crippen LogP contribution in [0.15, 0.2) is 65.6 Å². The maximum absolute atomic E-state index is 14.0. The second kappa shape index (κ2) is 14.1. The number of sulfonamides is 1. The van der Waals surface area contributed by atoms with E-state index in [1.165, 1.54) is 35.2 Å². The Kier molecular flexibility index (Phi) is 11.4. The highest BCUT2D eigenvalue weighted by atomic mass is 35.5. The van der Waals surface area contributed by atoms with Crippen molar-refractivity contribution in [2.45, 2.75) is 45.2 Å². The molecule has 0 heterocycles. The highest BCUT2D eigenvalue weighted by molar-refractivity contribution is 7.92. The van der Waals surface area contributed by atoms with Gasteiger partial charge < -0.3 is 10.2 Å². The Morgan fingerprint density at radius 2 is 1.41 bits per heavy atom. The fourth-order valence-corrected chi connectivity index (χ4v) is 6.32. The molecule has 0 radical (unpaired) electrons. The van der Waals surface area contributed by atoms with Crippen LogP contribution in [0.3, 0.4) is 0 Å². The van der Waals surface area contributed by atoms with E-state index in [-0.39, 0.29) is 33.1 Å². The van der Waals surface area contributed by atoms with Crippen LogP contribution in [-0.2, 0) is 26.2 Å². The molecular weight excluding hydrogens is 628 g/mol. The molecule has 0 aromatic heterocycles. The molecule has 12 heteroatoms. The number of carbonyl (C=O) groups excluding carboxylic acids is 2. The minimum atomic E-state index is -4.31. The summed E-state index contributed by atoms with van der Waals surface area (Å²) in [4.78, 5) is 28.4. The van der Waals surface area contributed by atoms with Crippen LogP contribution in [0.1, 0.15) is 31.9 Å². The Morgan fingerprint density at radius 1 is 0.854 bits per heavy atom. The Balaban J connectivity index is 2.10. The standard InChI is InChI=1S/C29H31Cl4N3O4S/c1-18(2)15-34-29(38)20(4)35(16-22-23(30)7-5-8-24(22)31)27(37)17-36(26-10-6-9-25(32)28(26)33)41(39,40)21-13-11-19(3)12-14-21/h5-14,18,20H,15-17H2,1-4H3,(H,34,38)/t20-/m0/s1. The predicted molar refractivity (Wildman–Crippen MR) is 166 cm³/mol. The summed E-state index contributed by atoms with van der Waals surface area (Å²) in [6, 6.07) is 14.6. The average molecular weight is 659 g/mol. The van der Waals surface area contributed by atoms with Crippen LogP contribution < -0.4 is 9.62 Å². The minimum absolute atomic E-state index is 0.0146. The van der Waals surface area contributed by atoms with Crippen LogP contribution in [0.4, 0.5) is 5.69 Å². The number of carbonyl (C=O) groups is 2. The molecule has 0 aliphatic rings. The molecule has 0 aliphatic heterocycles. The number of anilines is 1. The lowest BCUT2D eigenvalue weighted by Gasteiger charge is -2.32. The molecule has 1 N–H and O–H groups in total. The van der Waals surface area contributed by atoms with Gasteiger partial charge in [-0.1, -0.05) is 90.1 Å². The number of halogens is 4. The molecule has 3 aromatic rings. The van der Waals surface area contributed by atoms with Crippen LogP contribution in [0.2, 0.25) is 20.1 Å². The molecule has 41 heavy (non-hydrogen) atoms. The van der Waals surface area contributed by atoms with Crippen LogP contribution in [0, 0.1) is 12.8 Å². The third-order valence-electron chi connectivity index (χ3n) is 6.33. The first kappa shape index (κ1) is 33.0. The van der Waals surface area contributed by atoms with Gasteiger partial charge in [-0.2, -0.15) is 0 Å². The van der Waals surface area contributed by atoms with Crippen LogP contribution in [0.25, 0.3) is 0 Å². The van der Waals surface area contributed by atoms with Gasteiger partial charge in [-0.25, -0.2) is 8.42 Å². The summed E-state index contributed by atoms with van der Waals surface area (Å²) >= 11 is 25.5. The van der Waals surface area contributed by atoms with Crippen molar-refractivity contribution in [1.29, 1.82) is 0 Å². The summed E-state index contributed by atoms with van der Waals surface area (Å²) < 4.78 is 28.8. The summed E-state index contributed by atoms with van der Waals surface area (Å²) in [5, 5.41) is 3.49. The Morgan fingerprint density at radius 3 is 2.00 bits per heavy atom. The molecule has 0 saturated heterocycles. The molecule has 0 spiro atoms. The second-order valence-electron chi connectivity index (χ2n) is 9.93. The fraction of sp³-hybridized carbons (Fsp3) is 0.310. The maximum atomic E-state index is 14.0. The molecule has 0 unspecified atom stereocenters. The molecular formula is C29H31Cl4N3O4S. The molecule has 0 fully saturated rings. The molecule has 7 nitrogen and oxygen atoms in total. The summed E-state index contributed by atoms with van der Waals surface area (Å²) in [5.74, 6) is -0.919. The van der Waals surface area contributed by atoms with Gasteiger partial charge in [0.2, 0.25) is 11.8 Å². The number of nitrogens with one attached hydrogen (secondary N) is 1. The molecule has 220 valence electrons. The zero-order chi connectivity index (χ0) is 30.5. The van der Waals surface area contributed by atoms with Gasteiger partial charge in [-0.15, -0.1) is 0 Å². The van der Waals surface area contributed by atoms with Crippen molar-refractivity contribution in [2.24, 2.45) is 5.92 Å².